The molecule has 0 amide bonds. The predicted molar refractivity (Wildman–Crippen MR) is 98.8 cm³/mol. The van der Waals surface area contributed by atoms with Crippen molar-refractivity contribution < 1.29 is 14.3 Å². The van der Waals surface area contributed by atoms with Crippen molar-refractivity contribution in [1.82, 2.24) is 0 Å². The van der Waals surface area contributed by atoms with Gasteiger partial charge >= 0.3 is 5.97 Å². The topological polar surface area (TPSA) is 35.5 Å². The van der Waals surface area contributed by atoms with Crippen molar-refractivity contribution in [2.45, 2.75) is 82.5 Å². The Labute approximate surface area is 146 Å². The monoisotopic (exact) mass is 342 g/mol. The molecule has 3 nitrogen and oxygen atoms in total. The Kier molecular flexibility index (Phi) is 11.5. The standard InChI is InChI=1S/C19H34O3S/c1-3-4-5-6-7-8-9-10-11-12-14-19(22-16-17-23-19)15-13-18(20)21-2/h13,15H,3-12,14,16-17H2,1-2H3. The summed E-state index contributed by atoms with van der Waals surface area (Å²) in [5.74, 6) is 0.701. The second kappa shape index (κ2) is 12.9. The SMILES string of the molecule is CCCCCCCCCCCCC1(C=CC(=O)OC)OCCS1. The summed E-state index contributed by atoms with van der Waals surface area (Å²) in [5.41, 5.74) is 0. The van der Waals surface area contributed by atoms with Gasteiger partial charge in [-0.05, 0) is 18.9 Å². The Morgan fingerprint density at radius 2 is 1.70 bits per heavy atom. The summed E-state index contributed by atoms with van der Waals surface area (Å²) < 4.78 is 10.6. The van der Waals surface area contributed by atoms with Crippen LogP contribution in [0.4, 0.5) is 0 Å². The summed E-state index contributed by atoms with van der Waals surface area (Å²) in [4.78, 5) is 11.0. The van der Waals surface area contributed by atoms with Gasteiger partial charge in [0.05, 0.1) is 13.7 Å². The number of ether oxygens (including phenoxy) is 2. The fraction of sp³-hybridized carbons (Fsp3) is 0.842. The maximum Gasteiger partial charge on any atom is 0.330 e. The van der Waals surface area contributed by atoms with Crippen LogP contribution in [0.2, 0.25) is 0 Å². The Morgan fingerprint density at radius 3 is 2.22 bits per heavy atom. The van der Waals surface area contributed by atoms with Crippen molar-refractivity contribution in [2.24, 2.45) is 0 Å². The van der Waals surface area contributed by atoms with Gasteiger partial charge in [0.1, 0.15) is 4.93 Å². The molecule has 1 unspecified atom stereocenters. The van der Waals surface area contributed by atoms with E-state index < -0.39 is 0 Å². The predicted octanol–water partition coefficient (Wildman–Crippen LogP) is 5.49. The van der Waals surface area contributed by atoms with E-state index >= 15 is 0 Å². The molecule has 23 heavy (non-hydrogen) atoms. The van der Waals surface area contributed by atoms with Gasteiger partial charge in [-0.15, -0.1) is 11.8 Å². The second-order valence-corrected chi connectivity index (χ2v) is 7.69. The lowest BCUT2D eigenvalue weighted by molar-refractivity contribution is -0.134. The normalized spacial score (nSPS) is 21.1. The lowest BCUT2D eigenvalue weighted by Gasteiger charge is -2.23. The van der Waals surface area contributed by atoms with Crippen LogP contribution in [-0.2, 0) is 14.3 Å². The zero-order chi connectivity index (χ0) is 16.8. The molecular formula is C19H34O3S. The Hall–Kier alpha value is -0.480. The summed E-state index contributed by atoms with van der Waals surface area (Å²) in [6, 6.07) is 0. The van der Waals surface area contributed by atoms with Gasteiger partial charge in [0, 0.05) is 11.8 Å². The van der Waals surface area contributed by atoms with Crippen molar-refractivity contribution in [3.8, 4) is 0 Å². The number of rotatable bonds is 13. The van der Waals surface area contributed by atoms with Gasteiger partial charge in [-0.2, -0.15) is 0 Å². The van der Waals surface area contributed by atoms with Crippen LogP contribution in [0.25, 0.3) is 0 Å². The van der Waals surface area contributed by atoms with Crippen LogP contribution in [0.1, 0.15) is 77.6 Å². The molecule has 1 saturated heterocycles. The maximum atomic E-state index is 11.3. The minimum absolute atomic E-state index is 0.297. The van der Waals surface area contributed by atoms with E-state index in [9.17, 15) is 4.79 Å². The third-order valence-corrected chi connectivity index (χ3v) is 5.65. The smallest absolute Gasteiger partial charge is 0.330 e. The molecule has 1 aliphatic rings. The molecule has 1 aliphatic heterocycles. The molecule has 0 spiro atoms. The summed E-state index contributed by atoms with van der Waals surface area (Å²) in [6.45, 7) is 3.04. The molecule has 0 bridgehead atoms. The van der Waals surface area contributed by atoms with E-state index in [1.54, 1.807) is 11.8 Å². The number of hydrogen-bond donors (Lipinski definition) is 0. The van der Waals surface area contributed by atoms with E-state index in [2.05, 4.69) is 11.7 Å². The number of esters is 1. The molecule has 1 heterocycles. The van der Waals surface area contributed by atoms with Gasteiger partial charge in [0.15, 0.2) is 0 Å². The molecule has 1 fully saturated rings. The van der Waals surface area contributed by atoms with Gasteiger partial charge < -0.3 is 9.47 Å². The van der Waals surface area contributed by atoms with Crippen LogP contribution in [0.15, 0.2) is 12.2 Å². The molecule has 0 aliphatic carbocycles. The first-order valence-electron chi connectivity index (χ1n) is 9.27. The van der Waals surface area contributed by atoms with Gasteiger partial charge in [-0.3, -0.25) is 0 Å². The van der Waals surface area contributed by atoms with Crippen LogP contribution >= 0.6 is 11.8 Å². The van der Waals surface area contributed by atoms with Crippen LogP contribution in [0.3, 0.4) is 0 Å². The molecule has 0 aromatic rings. The third kappa shape index (κ3) is 9.41. The first-order valence-corrected chi connectivity index (χ1v) is 10.3. The highest BCUT2D eigenvalue weighted by Gasteiger charge is 2.32. The average Bonchev–Trinajstić information content (AvgIpc) is 3.03. The van der Waals surface area contributed by atoms with Gasteiger partial charge in [-0.1, -0.05) is 64.7 Å². The van der Waals surface area contributed by atoms with Crippen molar-refractivity contribution in [1.29, 1.82) is 0 Å². The maximum absolute atomic E-state index is 11.3. The highest BCUT2D eigenvalue weighted by molar-refractivity contribution is 8.00. The van der Waals surface area contributed by atoms with E-state index in [-0.39, 0.29) is 10.9 Å². The highest BCUT2D eigenvalue weighted by atomic mass is 32.2. The molecule has 4 heteroatoms. The third-order valence-electron chi connectivity index (χ3n) is 4.33. The molecule has 0 radical (unpaired) electrons. The number of methoxy groups -OCH3 is 1. The molecule has 1 rings (SSSR count). The van der Waals surface area contributed by atoms with Gasteiger partial charge in [0.2, 0.25) is 0 Å². The number of carbonyl (C=O) groups excluding carboxylic acids is 1. The van der Waals surface area contributed by atoms with Crippen molar-refractivity contribution in [3.63, 3.8) is 0 Å². The first kappa shape index (κ1) is 20.6. The summed E-state index contributed by atoms with van der Waals surface area (Å²) in [6.07, 6.45) is 17.8. The van der Waals surface area contributed by atoms with Crippen molar-refractivity contribution in [3.05, 3.63) is 12.2 Å². The average molecular weight is 343 g/mol. The summed E-state index contributed by atoms with van der Waals surface area (Å²) >= 11 is 1.80. The lowest BCUT2D eigenvalue weighted by atomic mass is 10.0. The van der Waals surface area contributed by atoms with Crippen molar-refractivity contribution in [2.75, 3.05) is 19.5 Å². The zero-order valence-electron chi connectivity index (χ0n) is 15.0. The molecule has 0 aromatic carbocycles. The van der Waals surface area contributed by atoms with Crippen molar-refractivity contribution >= 4 is 17.7 Å². The van der Waals surface area contributed by atoms with E-state index in [0.717, 1.165) is 25.2 Å². The van der Waals surface area contributed by atoms with Crippen LogP contribution in [0, 0.1) is 0 Å². The quantitative estimate of drug-likeness (QED) is 0.252. The zero-order valence-corrected chi connectivity index (χ0v) is 15.8. The lowest BCUT2D eigenvalue weighted by Crippen LogP contribution is -2.21. The number of unbranched alkanes of at least 4 members (excludes halogenated alkanes) is 9. The number of thioether (sulfide) groups is 1. The van der Waals surface area contributed by atoms with E-state index in [0.29, 0.717) is 0 Å². The Bertz CT molecular complexity index is 336. The summed E-state index contributed by atoms with van der Waals surface area (Å²) in [5, 5.41) is 0. The van der Waals surface area contributed by atoms with E-state index in [1.807, 2.05) is 6.08 Å². The van der Waals surface area contributed by atoms with Gasteiger partial charge in [0.25, 0.3) is 0 Å². The number of hydrogen-bond acceptors (Lipinski definition) is 4. The van der Waals surface area contributed by atoms with Crippen LogP contribution < -0.4 is 0 Å². The first-order chi connectivity index (χ1) is 11.2. The minimum Gasteiger partial charge on any atom is -0.466 e. The summed E-state index contributed by atoms with van der Waals surface area (Å²) in [7, 11) is 1.41. The largest absolute Gasteiger partial charge is 0.466 e. The second-order valence-electron chi connectivity index (χ2n) is 6.30. The van der Waals surface area contributed by atoms with Gasteiger partial charge in [-0.25, -0.2) is 4.79 Å². The fourth-order valence-corrected chi connectivity index (χ4v) is 4.05. The van der Waals surface area contributed by atoms with E-state index in [4.69, 9.17) is 4.74 Å². The highest BCUT2D eigenvalue weighted by Crippen LogP contribution is 2.38. The molecule has 0 N–H and O–H groups in total. The molecule has 134 valence electrons. The molecule has 1 atom stereocenters. The fourth-order valence-electron chi connectivity index (χ4n) is 2.92. The minimum atomic E-state index is -0.302. The van der Waals surface area contributed by atoms with Crippen LogP contribution in [-0.4, -0.2) is 30.4 Å². The van der Waals surface area contributed by atoms with E-state index in [1.165, 1.54) is 71.0 Å². The molecule has 0 saturated carbocycles. The molecular weight excluding hydrogens is 308 g/mol. The molecule has 0 aromatic heterocycles. The number of carbonyl (C=O) groups is 1. The van der Waals surface area contributed by atoms with Crippen LogP contribution in [0.5, 0.6) is 0 Å². The Balaban J connectivity index is 2.10. The Morgan fingerprint density at radius 1 is 1.09 bits per heavy atom.